The van der Waals surface area contributed by atoms with E-state index in [0.29, 0.717) is 10.9 Å². The predicted octanol–water partition coefficient (Wildman–Crippen LogP) is 3.34. The molecule has 1 aliphatic rings. The first-order valence-corrected chi connectivity index (χ1v) is 7.47. The highest BCUT2D eigenvalue weighted by Crippen LogP contribution is 2.28. The molecule has 2 atom stereocenters. The Morgan fingerprint density at radius 2 is 2.28 bits per heavy atom. The fourth-order valence-corrected chi connectivity index (χ4v) is 3.30. The average Bonchev–Trinajstić information content (AvgIpc) is 2.76. The molecule has 18 heavy (non-hydrogen) atoms. The zero-order chi connectivity index (χ0) is 13.1. The Morgan fingerprint density at radius 3 is 2.94 bits per heavy atom. The summed E-state index contributed by atoms with van der Waals surface area (Å²) in [4.78, 5) is 12.1. The van der Waals surface area contributed by atoms with Gasteiger partial charge in [-0.2, -0.15) is 0 Å². The Morgan fingerprint density at radius 1 is 1.50 bits per heavy atom. The number of phenolic OH excluding ortho intramolecular Hbond substituents is 1. The normalized spacial score (nSPS) is 23.0. The van der Waals surface area contributed by atoms with Crippen LogP contribution in [-0.4, -0.2) is 22.4 Å². The van der Waals surface area contributed by atoms with Gasteiger partial charge in [0, 0.05) is 16.4 Å². The summed E-state index contributed by atoms with van der Waals surface area (Å²) in [5, 5.41) is 14.0. The number of rotatable bonds is 3. The summed E-state index contributed by atoms with van der Waals surface area (Å²) in [6.45, 7) is 0. The summed E-state index contributed by atoms with van der Waals surface area (Å²) in [6.07, 6.45) is 3.26. The van der Waals surface area contributed by atoms with Crippen molar-refractivity contribution in [3.8, 4) is 5.75 Å². The van der Waals surface area contributed by atoms with Gasteiger partial charge in [-0.3, -0.25) is 4.79 Å². The second-order valence-electron chi connectivity index (χ2n) is 4.59. The minimum atomic E-state index is -0.234. The Hall–Kier alpha value is -0.740. The fourth-order valence-electron chi connectivity index (χ4n) is 2.35. The molecule has 0 heterocycles. The van der Waals surface area contributed by atoms with E-state index in [1.807, 2.05) is 0 Å². The quantitative estimate of drug-likeness (QED) is 0.834. The number of phenols is 1. The van der Waals surface area contributed by atoms with Crippen molar-refractivity contribution in [2.24, 2.45) is 5.92 Å². The van der Waals surface area contributed by atoms with Crippen LogP contribution < -0.4 is 5.32 Å². The van der Waals surface area contributed by atoms with E-state index in [4.69, 9.17) is 11.6 Å². The summed E-state index contributed by atoms with van der Waals surface area (Å²) in [7, 11) is 0. The predicted molar refractivity (Wildman–Crippen MR) is 75.5 cm³/mol. The van der Waals surface area contributed by atoms with Gasteiger partial charge in [0.25, 0.3) is 5.91 Å². The molecule has 1 fully saturated rings. The minimum absolute atomic E-state index is 0.0756. The number of carbonyl (C=O) groups excluding carboxylic acids is 1. The van der Waals surface area contributed by atoms with Crippen LogP contribution in [0.25, 0.3) is 0 Å². The van der Waals surface area contributed by atoms with Gasteiger partial charge in [0.05, 0.1) is 5.56 Å². The first kappa shape index (κ1) is 13.7. The van der Waals surface area contributed by atoms with E-state index in [1.165, 1.54) is 6.07 Å². The number of alkyl halides is 1. The zero-order valence-corrected chi connectivity index (χ0v) is 12.2. The van der Waals surface area contributed by atoms with Crippen molar-refractivity contribution in [3.05, 3.63) is 28.8 Å². The van der Waals surface area contributed by atoms with Crippen molar-refractivity contribution >= 4 is 33.4 Å². The maximum Gasteiger partial charge on any atom is 0.255 e. The summed E-state index contributed by atoms with van der Waals surface area (Å²) in [5.74, 6) is 0.166. The van der Waals surface area contributed by atoms with E-state index < -0.39 is 0 Å². The number of carbonyl (C=O) groups is 1. The van der Waals surface area contributed by atoms with Gasteiger partial charge in [-0.25, -0.2) is 0 Å². The van der Waals surface area contributed by atoms with Gasteiger partial charge in [0.1, 0.15) is 5.75 Å². The lowest BCUT2D eigenvalue weighted by Crippen LogP contribution is -2.37. The van der Waals surface area contributed by atoms with E-state index in [-0.39, 0.29) is 23.3 Å². The minimum Gasteiger partial charge on any atom is -0.507 e. The Labute approximate surface area is 120 Å². The summed E-state index contributed by atoms with van der Waals surface area (Å²) < 4.78 is 0. The maximum absolute atomic E-state index is 12.1. The molecule has 2 N–H and O–H groups in total. The van der Waals surface area contributed by atoms with Crippen molar-refractivity contribution in [1.29, 1.82) is 0 Å². The van der Waals surface area contributed by atoms with Crippen LogP contribution in [0.2, 0.25) is 5.02 Å². The Balaban J connectivity index is 2.07. The molecular formula is C13H15BrClNO2. The van der Waals surface area contributed by atoms with Crippen molar-refractivity contribution in [1.82, 2.24) is 5.32 Å². The third-order valence-electron chi connectivity index (χ3n) is 3.38. The molecule has 0 spiro atoms. The fraction of sp³-hybridized carbons (Fsp3) is 0.462. The molecular weight excluding hydrogens is 318 g/mol. The van der Waals surface area contributed by atoms with Gasteiger partial charge in [-0.05, 0) is 37.0 Å². The van der Waals surface area contributed by atoms with Crippen LogP contribution in [0, 0.1) is 5.92 Å². The third-order valence-corrected chi connectivity index (χ3v) is 4.44. The monoisotopic (exact) mass is 331 g/mol. The van der Waals surface area contributed by atoms with Crippen LogP contribution in [0.4, 0.5) is 0 Å². The van der Waals surface area contributed by atoms with Crippen LogP contribution in [0.15, 0.2) is 18.2 Å². The summed E-state index contributed by atoms with van der Waals surface area (Å²) in [6, 6.07) is 4.72. The number of hydrogen-bond donors (Lipinski definition) is 2. The molecule has 2 unspecified atom stereocenters. The number of amides is 1. The molecule has 1 amide bonds. The molecule has 1 aliphatic carbocycles. The highest BCUT2D eigenvalue weighted by molar-refractivity contribution is 9.09. The van der Waals surface area contributed by atoms with E-state index in [1.54, 1.807) is 12.1 Å². The highest BCUT2D eigenvalue weighted by atomic mass is 79.9. The van der Waals surface area contributed by atoms with Gasteiger partial charge in [-0.1, -0.05) is 34.0 Å². The van der Waals surface area contributed by atoms with Gasteiger partial charge in [-0.15, -0.1) is 0 Å². The highest BCUT2D eigenvalue weighted by Gasteiger charge is 2.28. The SMILES string of the molecule is O=C(NC1CCCC1CBr)c1ccc(Cl)cc1O. The summed E-state index contributed by atoms with van der Waals surface area (Å²) in [5.41, 5.74) is 0.277. The standard InChI is InChI=1S/C13H15BrClNO2/c14-7-8-2-1-3-11(8)16-13(18)10-5-4-9(15)6-12(10)17/h4-6,8,11,17H,1-3,7H2,(H,16,18). The number of nitrogens with one attached hydrogen (secondary N) is 1. The molecule has 2 rings (SSSR count). The molecule has 98 valence electrons. The second kappa shape index (κ2) is 5.93. The lowest BCUT2D eigenvalue weighted by Gasteiger charge is -2.19. The van der Waals surface area contributed by atoms with Crippen molar-refractivity contribution < 1.29 is 9.90 Å². The molecule has 0 aliphatic heterocycles. The van der Waals surface area contributed by atoms with Crippen LogP contribution >= 0.6 is 27.5 Å². The van der Waals surface area contributed by atoms with Crippen molar-refractivity contribution in [2.75, 3.05) is 5.33 Å². The average molecular weight is 333 g/mol. The molecule has 0 saturated heterocycles. The van der Waals surface area contributed by atoms with E-state index in [2.05, 4.69) is 21.2 Å². The second-order valence-corrected chi connectivity index (χ2v) is 5.67. The number of benzene rings is 1. The van der Waals surface area contributed by atoms with E-state index >= 15 is 0 Å². The first-order valence-electron chi connectivity index (χ1n) is 5.97. The van der Waals surface area contributed by atoms with Crippen molar-refractivity contribution in [2.45, 2.75) is 25.3 Å². The molecule has 3 nitrogen and oxygen atoms in total. The lowest BCUT2D eigenvalue weighted by atomic mass is 10.1. The van der Waals surface area contributed by atoms with Gasteiger partial charge >= 0.3 is 0 Å². The molecule has 0 radical (unpaired) electrons. The Bertz CT molecular complexity index is 453. The number of hydrogen-bond acceptors (Lipinski definition) is 2. The van der Waals surface area contributed by atoms with Crippen LogP contribution in [0.5, 0.6) is 5.75 Å². The smallest absolute Gasteiger partial charge is 0.255 e. The molecule has 1 saturated carbocycles. The largest absolute Gasteiger partial charge is 0.507 e. The summed E-state index contributed by atoms with van der Waals surface area (Å²) >= 11 is 9.21. The molecule has 0 aromatic heterocycles. The molecule has 5 heteroatoms. The molecule has 1 aromatic carbocycles. The maximum atomic E-state index is 12.1. The zero-order valence-electron chi connectivity index (χ0n) is 9.83. The lowest BCUT2D eigenvalue weighted by molar-refractivity contribution is 0.0927. The molecule has 0 bridgehead atoms. The van der Waals surface area contributed by atoms with Gasteiger partial charge in [0.2, 0.25) is 0 Å². The van der Waals surface area contributed by atoms with Gasteiger partial charge in [0.15, 0.2) is 0 Å². The topological polar surface area (TPSA) is 49.3 Å². The first-order chi connectivity index (χ1) is 8.61. The van der Waals surface area contributed by atoms with Gasteiger partial charge < -0.3 is 10.4 Å². The molecule has 1 aromatic rings. The van der Waals surface area contributed by atoms with E-state index in [0.717, 1.165) is 24.6 Å². The van der Waals surface area contributed by atoms with Crippen LogP contribution in [0.3, 0.4) is 0 Å². The van der Waals surface area contributed by atoms with E-state index in [9.17, 15) is 9.90 Å². The third kappa shape index (κ3) is 2.98. The van der Waals surface area contributed by atoms with Crippen LogP contribution in [-0.2, 0) is 0 Å². The van der Waals surface area contributed by atoms with Crippen molar-refractivity contribution in [3.63, 3.8) is 0 Å². The number of aromatic hydroxyl groups is 1. The van der Waals surface area contributed by atoms with Crippen LogP contribution in [0.1, 0.15) is 29.6 Å². The number of halogens is 2. The Kier molecular flexibility index (Phi) is 4.51.